The molecule has 1 heterocycles. The van der Waals surface area contributed by atoms with E-state index in [1.165, 1.54) is 0 Å². The number of aromatic nitrogens is 1. The van der Waals surface area contributed by atoms with Crippen LogP contribution in [0.3, 0.4) is 0 Å². The molecular weight excluding hydrogens is 332 g/mol. The number of para-hydroxylation sites is 1. The van der Waals surface area contributed by atoms with Crippen molar-refractivity contribution < 1.29 is 9.32 Å². The van der Waals surface area contributed by atoms with Gasteiger partial charge in [-0.2, -0.15) is 0 Å². The molecule has 0 aliphatic carbocycles. The molecule has 4 nitrogen and oxygen atoms in total. The molecule has 3 rings (SSSR count). The first-order valence-electron chi connectivity index (χ1n) is 8.10. The standard InChI is InChI=1S/C20H20N2O2S/c23-20-12-5-4-8-17(20)13-15-25(24,19-10-2-1-3-11-19)22-16-18-9-6-7-14-21-18/h1-12,14,23H,13,15-16H2. The summed E-state index contributed by atoms with van der Waals surface area (Å²) in [4.78, 5) is 4.96. The smallest absolute Gasteiger partial charge is 0.118 e. The lowest BCUT2D eigenvalue weighted by molar-refractivity contribution is 0.469. The molecule has 5 heteroatoms. The highest BCUT2D eigenvalue weighted by atomic mass is 32.2. The summed E-state index contributed by atoms with van der Waals surface area (Å²) in [5.74, 6) is 0.573. The zero-order valence-electron chi connectivity index (χ0n) is 13.8. The molecule has 25 heavy (non-hydrogen) atoms. The van der Waals surface area contributed by atoms with Gasteiger partial charge in [0.1, 0.15) is 5.75 Å². The zero-order chi connectivity index (χ0) is 17.5. The Morgan fingerprint density at radius 1 is 0.920 bits per heavy atom. The highest BCUT2D eigenvalue weighted by Gasteiger charge is 2.14. The SMILES string of the molecule is O=S(CCc1ccccc1O)(=NCc1ccccn1)c1ccccc1. The van der Waals surface area contributed by atoms with E-state index in [-0.39, 0.29) is 5.75 Å². The van der Waals surface area contributed by atoms with E-state index in [1.54, 1.807) is 18.3 Å². The van der Waals surface area contributed by atoms with Crippen molar-refractivity contribution in [1.82, 2.24) is 4.98 Å². The fourth-order valence-corrected chi connectivity index (χ4v) is 4.46. The molecule has 0 amide bonds. The minimum absolute atomic E-state index is 0.224. The van der Waals surface area contributed by atoms with Crippen LogP contribution < -0.4 is 0 Å². The van der Waals surface area contributed by atoms with Crippen LogP contribution in [0.1, 0.15) is 11.3 Å². The van der Waals surface area contributed by atoms with Crippen molar-refractivity contribution in [3.63, 3.8) is 0 Å². The summed E-state index contributed by atoms with van der Waals surface area (Å²) in [6.07, 6.45) is 2.20. The number of phenolic OH excluding ortho intramolecular Hbond substituents is 1. The molecule has 0 spiro atoms. The van der Waals surface area contributed by atoms with Crippen LogP contribution in [0.2, 0.25) is 0 Å². The van der Waals surface area contributed by atoms with Gasteiger partial charge in [-0.3, -0.25) is 4.98 Å². The van der Waals surface area contributed by atoms with Crippen molar-refractivity contribution in [1.29, 1.82) is 0 Å². The predicted molar refractivity (Wildman–Crippen MR) is 99.9 cm³/mol. The summed E-state index contributed by atoms with van der Waals surface area (Å²) in [5.41, 5.74) is 1.56. The lowest BCUT2D eigenvalue weighted by Crippen LogP contribution is -2.10. The molecule has 1 unspecified atom stereocenters. The van der Waals surface area contributed by atoms with Gasteiger partial charge in [0.15, 0.2) is 0 Å². The Bertz CT molecular complexity index is 934. The molecular formula is C20H20N2O2S. The summed E-state index contributed by atoms with van der Waals surface area (Å²) < 4.78 is 18.1. The predicted octanol–water partition coefficient (Wildman–Crippen LogP) is 4.06. The molecule has 1 N–H and O–H groups in total. The number of rotatable bonds is 6. The molecule has 0 radical (unpaired) electrons. The minimum atomic E-state index is -2.61. The maximum atomic E-state index is 13.6. The van der Waals surface area contributed by atoms with Crippen LogP contribution in [0, 0.1) is 0 Å². The monoisotopic (exact) mass is 352 g/mol. The van der Waals surface area contributed by atoms with Gasteiger partial charge in [-0.05, 0) is 42.3 Å². The maximum Gasteiger partial charge on any atom is 0.118 e. The topological polar surface area (TPSA) is 62.5 Å². The molecule has 1 atom stereocenters. The average Bonchev–Trinajstić information content (AvgIpc) is 2.67. The fraction of sp³-hybridized carbons (Fsp3) is 0.150. The van der Waals surface area contributed by atoms with E-state index in [1.807, 2.05) is 60.7 Å². The number of phenols is 1. The molecule has 3 aromatic rings. The van der Waals surface area contributed by atoms with E-state index in [9.17, 15) is 9.32 Å². The highest BCUT2D eigenvalue weighted by molar-refractivity contribution is 7.93. The van der Waals surface area contributed by atoms with Gasteiger partial charge in [0.2, 0.25) is 0 Å². The van der Waals surface area contributed by atoms with Gasteiger partial charge in [-0.15, -0.1) is 0 Å². The van der Waals surface area contributed by atoms with E-state index < -0.39 is 9.73 Å². The molecule has 1 aromatic heterocycles. The Hall–Kier alpha value is -2.66. The van der Waals surface area contributed by atoms with Crippen LogP contribution in [0.4, 0.5) is 0 Å². The van der Waals surface area contributed by atoms with Gasteiger partial charge in [-0.25, -0.2) is 8.57 Å². The Labute approximate surface area is 148 Å². The van der Waals surface area contributed by atoms with E-state index in [0.717, 1.165) is 11.3 Å². The van der Waals surface area contributed by atoms with Gasteiger partial charge >= 0.3 is 0 Å². The summed E-state index contributed by atoms with van der Waals surface area (Å²) in [6.45, 7) is 0.301. The average molecular weight is 352 g/mol. The Morgan fingerprint density at radius 3 is 2.36 bits per heavy atom. The first kappa shape index (κ1) is 17.2. The van der Waals surface area contributed by atoms with Crippen molar-refractivity contribution in [3.8, 4) is 5.75 Å². The first-order chi connectivity index (χ1) is 12.2. The Morgan fingerprint density at radius 2 is 1.64 bits per heavy atom. The van der Waals surface area contributed by atoms with Gasteiger partial charge in [0.25, 0.3) is 0 Å². The molecule has 0 saturated carbocycles. The fourth-order valence-electron chi connectivity index (χ4n) is 2.52. The lowest BCUT2D eigenvalue weighted by Gasteiger charge is -2.11. The third-order valence-electron chi connectivity index (χ3n) is 3.91. The van der Waals surface area contributed by atoms with E-state index >= 15 is 0 Å². The Kier molecular flexibility index (Phi) is 5.46. The van der Waals surface area contributed by atoms with Crippen molar-refractivity contribution in [2.24, 2.45) is 4.36 Å². The molecule has 0 aliphatic rings. The number of nitrogens with zero attached hydrogens (tertiary/aromatic N) is 2. The number of hydrogen-bond acceptors (Lipinski definition) is 4. The third kappa shape index (κ3) is 4.45. The molecule has 2 aromatic carbocycles. The van der Waals surface area contributed by atoms with Gasteiger partial charge in [-0.1, -0.05) is 42.5 Å². The van der Waals surface area contributed by atoms with Gasteiger partial charge < -0.3 is 5.11 Å². The largest absolute Gasteiger partial charge is 0.508 e. The number of pyridine rings is 1. The first-order valence-corrected chi connectivity index (χ1v) is 9.78. The van der Waals surface area contributed by atoms with Crippen molar-refractivity contribution in [2.75, 3.05) is 5.75 Å². The molecule has 128 valence electrons. The van der Waals surface area contributed by atoms with Crippen LogP contribution >= 0.6 is 0 Å². The highest BCUT2D eigenvalue weighted by Crippen LogP contribution is 2.21. The van der Waals surface area contributed by atoms with Crippen molar-refractivity contribution >= 4 is 9.73 Å². The molecule has 0 bridgehead atoms. The lowest BCUT2D eigenvalue weighted by atomic mass is 10.1. The van der Waals surface area contributed by atoms with Crippen LogP contribution in [-0.2, 0) is 22.7 Å². The maximum absolute atomic E-state index is 13.6. The van der Waals surface area contributed by atoms with E-state index in [0.29, 0.717) is 23.6 Å². The summed E-state index contributed by atoms with van der Waals surface area (Å²) >= 11 is 0. The van der Waals surface area contributed by atoms with Crippen LogP contribution in [0.5, 0.6) is 5.75 Å². The quantitative estimate of drug-likeness (QED) is 0.728. The van der Waals surface area contributed by atoms with Gasteiger partial charge in [0, 0.05) is 16.8 Å². The number of benzene rings is 2. The molecule has 0 saturated heterocycles. The molecule has 0 aliphatic heterocycles. The second-order valence-electron chi connectivity index (χ2n) is 5.64. The summed E-state index contributed by atoms with van der Waals surface area (Å²) in [7, 11) is -2.61. The number of aryl methyl sites for hydroxylation is 1. The van der Waals surface area contributed by atoms with Crippen molar-refractivity contribution in [3.05, 3.63) is 90.3 Å². The van der Waals surface area contributed by atoms with Gasteiger partial charge in [0.05, 0.1) is 22.0 Å². The van der Waals surface area contributed by atoms with E-state index in [4.69, 9.17) is 0 Å². The zero-order valence-corrected chi connectivity index (χ0v) is 14.6. The van der Waals surface area contributed by atoms with Crippen LogP contribution in [0.25, 0.3) is 0 Å². The van der Waals surface area contributed by atoms with Crippen LogP contribution in [-0.4, -0.2) is 20.1 Å². The molecule has 0 fully saturated rings. The second-order valence-corrected chi connectivity index (χ2v) is 8.06. The van der Waals surface area contributed by atoms with Crippen LogP contribution in [0.15, 0.2) is 88.3 Å². The number of hydrogen-bond donors (Lipinski definition) is 1. The van der Waals surface area contributed by atoms with E-state index in [2.05, 4.69) is 9.35 Å². The third-order valence-corrected chi connectivity index (χ3v) is 6.22. The number of aromatic hydroxyl groups is 1. The second kappa shape index (κ2) is 7.94. The summed E-state index contributed by atoms with van der Waals surface area (Å²) in [6, 6.07) is 22.1. The normalized spacial score (nSPS) is 13.1. The van der Waals surface area contributed by atoms with Crippen molar-refractivity contribution in [2.45, 2.75) is 17.9 Å². The Balaban J connectivity index is 1.90. The summed E-state index contributed by atoms with van der Waals surface area (Å²) in [5, 5.41) is 9.95. The minimum Gasteiger partial charge on any atom is -0.508 e.